The molecule has 9 heteroatoms. The van der Waals surface area contributed by atoms with Crippen LogP contribution in [0.1, 0.15) is 11.0 Å². The number of anilines is 2. The minimum atomic E-state index is -0.467. The van der Waals surface area contributed by atoms with Crippen molar-refractivity contribution in [3.63, 3.8) is 0 Å². The fourth-order valence-electron chi connectivity index (χ4n) is 1.98. The molecule has 20 heavy (non-hydrogen) atoms. The van der Waals surface area contributed by atoms with Crippen molar-refractivity contribution in [2.24, 2.45) is 0 Å². The lowest BCUT2D eigenvalue weighted by atomic mass is 10.2. The quantitative estimate of drug-likeness (QED) is 0.664. The topological polar surface area (TPSA) is 110 Å². The number of hydrogen-bond donors (Lipinski definition) is 2. The molecular formula is C11H8N4O4S. The number of hydrogen-bond acceptors (Lipinski definition) is 7. The smallest absolute Gasteiger partial charge is 0.324 e. The summed E-state index contributed by atoms with van der Waals surface area (Å²) in [5, 5.41) is 27.6. The van der Waals surface area contributed by atoms with Crippen LogP contribution in [0.4, 0.5) is 22.1 Å². The Morgan fingerprint density at radius 1 is 1.00 bits per heavy atom. The summed E-state index contributed by atoms with van der Waals surface area (Å²) in [6.07, 6.45) is -0.314. The third-order valence-electron chi connectivity index (χ3n) is 2.89. The SMILES string of the molecule is O=[N+]([O-])c1ccc2c(c1)N[C@H](c1ccc([N+](=O)[O-])s1)N2. The predicted octanol–water partition coefficient (Wildman–Crippen LogP) is 3.10. The Labute approximate surface area is 116 Å². The van der Waals surface area contributed by atoms with E-state index in [4.69, 9.17) is 0 Å². The van der Waals surface area contributed by atoms with Crippen LogP contribution in [0.5, 0.6) is 0 Å². The van der Waals surface area contributed by atoms with Gasteiger partial charge >= 0.3 is 5.00 Å². The van der Waals surface area contributed by atoms with Gasteiger partial charge < -0.3 is 10.6 Å². The first-order chi connectivity index (χ1) is 9.54. The maximum Gasteiger partial charge on any atom is 0.324 e. The summed E-state index contributed by atoms with van der Waals surface area (Å²) in [4.78, 5) is 21.2. The standard InChI is InChI=1S/C11H8N4O4S/c16-14(17)6-1-2-7-8(5-6)13-11(12-7)9-3-4-10(20-9)15(18)19/h1-5,11-13H/t11-/m1/s1. The number of thiophene rings is 1. The lowest BCUT2D eigenvalue weighted by Gasteiger charge is -2.08. The van der Waals surface area contributed by atoms with E-state index in [0.717, 1.165) is 21.9 Å². The average molecular weight is 292 g/mol. The summed E-state index contributed by atoms with van der Waals surface area (Å²) in [7, 11) is 0. The molecule has 2 heterocycles. The minimum Gasteiger partial charge on any atom is -0.359 e. The van der Waals surface area contributed by atoms with Crippen molar-refractivity contribution < 1.29 is 9.85 Å². The first-order valence-electron chi connectivity index (χ1n) is 5.60. The molecule has 1 aliphatic heterocycles. The molecule has 8 nitrogen and oxygen atoms in total. The number of rotatable bonds is 3. The average Bonchev–Trinajstić information content (AvgIpc) is 3.04. The van der Waals surface area contributed by atoms with Crippen molar-refractivity contribution in [2.45, 2.75) is 6.17 Å². The summed E-state index contributed by atoms with van der Waals surface area (Å²) in [6.45, 7) is 0. The maximum absolute atomic E-state index is 10.7. The maximum atomic E-state index is 10.7. The molecule has 0 saturated carbocycles. The molecule has 2 N–H and O–H groups in total. The van der Waals surface area contributed by atoms with Crippen LogP contribution in [0.3, 0.4) is 0 Å². The molecule has 1 aromatic carbocycles. The number of nitro benzene ring substituents is 1. The minimum absolute atomic E-state index is 0.00383. The van der Waals surface area contributed by atoms with Gasteiger partial charge in [0.25, 0.3) is 5.69 Å². The zero-order valence-electron chi connectivity index (χ0n) is 9.90. The number of nitrogens with one attached hydrogen (secondary N) is 2. The molecular weight excluding hydrogens is 284 g/mol. The van der Waals surface area contributed by atoms with Crippen molar-refractivity contribution in [3.05, 3.63) is 55.4 Å². The van der Waals surface area contributed by atoms with Crippen LogP contribution in [-0.2, 0) is 0 Å². The zero-order chi connectivity index (χ0) is 14.3. The highest BCUT2D eigenvalue weighted by molar-refractivity contribution is 7.15. The van der Waals surface area contributed by atoms with Crippen molar-refractivity contribution in [3.8, 4) is 0 Å². The summed E-state index contributed by atoms with van der Waals surface area (Å²) in [5.74, 6) is 0. The Kier molecular flexibility index (Phi) is 2.75. The van der Waals surface area contributed by atoms with Crippen molar-refractivity contribution in [2.75, 3.05) is 10.6 Å². The summed E-state index contributed by atoms with van der Waals surface area (Å²) < 4.78 is 0. The summed E-state index contributed by atoms with van der Waals surface area (Å²) >= 11 is 1.06. The normalized spacial score (nSPS) is 16.1. The van der Waals surface area contributed by atoms with Gasteiger partial charge in [-0.3, -0.25) is 20.2 Å². The van der Waals surface area contributed by atoms with E-state index >= 15 is 0 Å². The lowest BCUT2D eigenvalue weighted by Crippen LogP contribution is -2.09. The second-order valence-electron chi connectivity index (χ2n) is 4.14. The Morgan fingerprint density at radius 2 is 1.75 bits per heavy atom. The van der Waals surface area contributed by atoms with E-state index in [2.05, 4.69) is 10.6 Å². The van der Waals surface area contributed by atoms with E-state index in [1.54, 1.807) is 12.1 Å². The molecule has 0 aliphatic carbocycles. The van der Waals surface area contributed by atoms with Crippen molar-refractivity contribution in [1.29, 1.82) is 0 Å². The highest BCUT2D eigenvalue weighted by atomic mass is 32.1. The lowest BCUT2D eigenvalue weighted by molar-refractivity contribution is -0.384. The third kappa shape index (κ3) is 2.03. The van der Waals surface area contributed by atoms with Gasteiger partial charge in [-0.25, -0.2) is 0 Å². The Morgan fingerprint density at radius 3 is 2.40 bits per heavy atom. The number of nitro groups is 2. The van der Waals surface area contributed by atoms with Gasteiger partial charge in [0.1, 0.15) is 6.17 Å². The largest absolute Gasteiger partial charge is 0.359 e. The van der Waals surface area contributed by atoms with Crippen molar-refractivity contribution in [1.82, 2.24) is 0 Å². The van der Waals surface area contributed by atoms with Crippen LogP contribution in [0, 0.1) is 20.2 Å². The van der Waals surface area contributed by atoms with E-state index in [-0.39, 0.29) is 16.9 Å². The third-order valence-corrected chi connectivity index (χ3v) is 3.99. The fraction of sp³-hybridized carbons (Fsp3) is 0.0909. The molecule has 1 atom stereocenters. The molecule has 0 saturated heterocycles. The van der Waals surface area contributed by atoms with E-state index in [1.165, 1.54) is 18.2 Å². The second kappa shape index (κ2) is 4.46. The number of nitrogens with zero attached hydrogens (tertiary/aromatic N) is 2. The molecule has 0 amide bonds. The molecule has 3 rings (SSSR count). The Hall–Kier alpha value is -2.68. The highest BCUT2D eigenvalue weighted by Crippen LogP contribution is 2.40. The van der Waals surface area contributed by atoms with Gasteiger partial charge in [-0.1, -0.05) is 11.3 Å². The van der Waals surface area contributed by atoms with Crippen LogP contribution in [-0.4, -0.2) is 9.85 Å². The molecule has 102 valence electrons. The molecule has 1 aromatic heterocycles. The molecule has 0 radical (unpaired) electrons. The van der Waals surface area contributed by atoms with E-state index in [0.29, 0.717) is 5.69 Å². The molecule has 0 spiro atoms. The van der Waals surface area contributed by atoms with E-state index < -0.39 is 9.85 Å². The van der Waals surface area contributed by atoms with Crippen LogP contribution in [0.15, 0.2) is 30.3 Å². The molecule has 0 fully saturated rings. The van der Waals surface area contributed by atoms with Gasteiger partial charge in [0.15, 0.2) is 0 Å². The monoisotopic (exact) mass is 292 g/mol. The van der Waals surface area contributed by atoms with Crippen LogP contribution < -0.4 is 10.6 Å². The van der Waals surface area contributed by atoms with Gasteiger partial charge in [-0.2, -0.15) is 0 Å². The number of benzene rings is 1. The highest BCUT2D eigenvalue weighted by Gasteiger charge is 2.25. The Balaban J connectivity index is 1.85. The first kappa shape index (κ1) is 12.4. The molecule has 0 bridgehead atoms. The van der Waals surface area contributed by atoms with Gasteiger partial charge in [-0.15, -0.1) is 0 Å². The van der Waals surface area contributed by atoms with Gasteiger partial charge in [-0.05, 0) is 12.1 Å². The van der Waals surface area contributed by atoms with Gasteiger partial charge in [0.2, 0.25) is 0 Å². The van der Waals surface area contributed by atoms with E-state index in [9.17, 15) is 20.2 Å². The summed E-state index contributed by atoms with van der Waals surface area (Å²) in [6, 6.07) is 7.56. The molecule has 1 aliphatic rings. The second-order valence-corrected chi connectivity index (χ2v) is 5.24. The number of non-ortho nitro benzene ring substituents is 1. The van der Waals surface area contributed by atoms with Crippen LogP contribution in [0.25, 0.3) is 0 Å². The van der Waals surface area contributed by atoms with Crippen LogP contribution in [0.2, 0.25) is 0 Å². The van der Waals surface area contributed by atoms with Gasteiger partial charge in [0.05, 0.1) is 26.1 Å². The molecule has 0 unspecified atom stereocenters. The van der Waals surface area contributed by atoms with Gasteiger partial charge in [0, 0.05) is 18.2 Å². The van der Waals surface area contributed by atoms with E-state index in [1.807, 2.05) is 0 Å². The zero-order valence-corrected chi connectivity index (χ0v) is 10.7. The summed E-state index contributed by atoms with van der Waals surface area (Å²) in [5.41, 5.74) is 1.34. The molecule has 2 aromatic rings. The Bertz CT molecular complexity index is 714. The van der Waals surface area contributed by atoms with Crippen molar-refractivity contribution >= 4 is 33.4 Å². The number of fused-ring (bicyclic) bond motifs is 1. The predicted molar refractivity (Wildman–Crippen MR) is 74.1 cm³/mol. The first-order valence-corrected chi connectivity index (χ1v) is 6.42. The van der Waals surface area contributed by atoms with Crippen LogP contribution >= 0.6 is 11.3 Å². The fourth-order valence-corrected chi connectivity index (χ4v) is 2.80.